The zero-order valence-corrected chi connectivity index (χ0v) is 18.1. The summed E-state index contributed by atoms with van der Waals surface area (Å²) in [6.07, 6.45) is 2.51. The molecule has 1 atom stereocenters. The number of benzene rings is 1. The Hall–Kier alpha value is -2.05. The van der Waals surface area contributed by atoms with Crippen LogP contribution in [0, 0.1) is 13.8 Å². The predicted octanol–water partition coefficient (Wildman–Crippen LogP) is 3.19. The van der Waals surface area contributed by atoms with Gasteiger partial charge < -0.3 is 10.6 Å². The van der Waals surface area contributed by atoms with Crippen LogP contribution in [0.5, 0.6) is 0 Å². The summed E-state index contributed by atoms with van der Waals surface area (Å²) < 4.78 is 1.92. The summed E-state index contributed by atoms with van der Waals surface area (Å²) in [5, 5.41) is 12.2. The third kappa shape index (κ3) is 4.86. The van der Waals surface area contributed by atoms with E-state index in [-0.39, 0.29) is 6.04 Å². The van der Waals surface area contributed by atoms with E-state index < -0.39 is 0 Å². The van der Waals surface area contributed by atoms with E-state index in [9.17, 15) is 0 Å². The molecule has 2 aromatic rings. The molecule has 1 aliphatic heterocycles. The van der Waals surface area contributed by atoms with Crippen molar-refractivity contribution in [3.63, 3.8) is 0 Å². The average Bonchev–Trinajstić information content (AvgIpc) is 3.28. The van der Waals surface area contributed by atoms with Crippen molar-refractivity contribution in [3.05, 3.63) is 51.8 Å². The number of guanidine groups is 1. The van der Waals surface area contributed by atoms with Gasteiger partial charge in [-0.2, -0.15) is 5.10 Å². The van der Waals surface area contributed by atoms with Gasteiger partial charge in [-0.15, -0.1) is 0 Å². The van der Waals surface area contributed by atoms with Gasteiger partial charge >= 0.3 is 0 Å². The molecule has 1 unspecified atom stereocenters. The second-order valence-corrected chi connectivity index (χ2v) is 7.83. The van der Waals surface area contributed by atoms with Crippen LogP contribution in [0.1, 0.15) is 41.4 Å². The molecule has 1 aromatic heterocycles. The van der Waals surface area contributed by atoms with Crippen LogP contribution in [0.3, 0.4) is 0 Å². The molecule has 3 rings (SSSR count). The van der Waals surface area contributed by atoms with Gasteiger partial charge in [-0.3, -0.25) is 14.6 Å². The van der Waals surface area contributed by atoms with Crippen LogP contribution >= 0.6 is 11.6 Å². The first-order valence-electron chi connectivity index (χ1n) is 9.92. The van der Waals surface area contributed by atoms with Crippen molar-refractivity contribution in [2.45, 2.75) is 39.3 Å². The lowest BCUT2D eigenvalue weighted by molar-refractivity contribution is 0.245. The Morgan fingerprint density at radius 2 is 2.00 bits per heavy atom. The topological polar surface area (TPSA) is 57.5 Å². The highest BCUT2D eigenvalue weighted by atomic mass is 35.5. The van der Waals surface area contributed by atoms with Crippen LogP contribution in [0.4, 0.5) is 0 Å². The van der Waals surface area contributed by atoms with Crippen molar-refractivity contribution in [1.29, 1.82) is 0 Å². The van der Waals surface area contributed by atoms with Gasteiger partial charge in [0.2, 0.25) is 0 Å². The molecule has 152 valence electrons. The molecule has 0 aliphatic carbocycles. The second-order valence-electron chi connectivity index (χ2n) is 7.39. The maximum Gasteiger partial charge on any atom is 0.191 e. The molecular weight excluding hydrogens is 372 g/mol. The molecule has 0 bridgehead atoms. The number of hydrogen-bond acceptors (Lipinski definition) is 3. The average molecular weight is 403 g/mol. The molecule has 7 heteroatoms. The maximum atomic E-state index is 6.25. The minimum atomic E-state index is 0.279. The standard InChI is InChI=1S/C21H31ClN6/c1-15-19(16(2)27(4)26-15)13-24-21(23-3)25-14-20(28-10-5-6-11-28)17-8-7-9-18(22)12-17/h7-9,12,20H,5-6,10-11,13-14H2,1-4H3,(H2,23,24,25). The van der Waals surface area contributed by atoms with E-state index in [1.807, 2.05) is 37.8 Å². The van der Waals surface area contributed by atoms with Crippen molar-refractivity contribution in [2.24, 2.45) is 12.0 Å². The summed E-state index contributed by atoms with van der Waals surface area (Å²) >= 11 is 6.25. The van der Waals surface area contributed by atoms with Gasteiger partial charge in [-0.1, -0.05) is 23.7 Å². The Morgan fingerprint density at radius 1 is 1.25 bits per heavy atom. The molecule has 1 saturated heterocycles. The normalized spacial score (nSPS) is 16.4. The third-order valence-electron chi connectivity index (χ3n) is 5.59. The quantitative estimate of drug-likeness (QED) is 0.575. The van der Waals surface area contributed by atoms with E-state index in [1.54, 1.807) is 0 Å². The fourth-order valence-electron chi connectivity index (χ4n) is 3.88. The molecule has 6 nitrogen and oxygen atoms in total. The number of likely N-dealkylation sites (tertiary alicyclic amines) is 1. The van der Waals surface area contributed by atoms with Gasteiger partial charge in [0.1, 0.15) is 0 Å². The number of halogens is 1. The molecular formula is C21H31ClN6. The largest absolute Gasteiger partial charge is 0.354 e. The highest BCUT2D eigenvalue weighted by molar-refractivity contribution is 6.30. The highest BCUT2D eigenvalue weighted by Crippen LogP contribution is 2.26. The summed E-state index contributed by atoms with van der Waals surface area (Å²) in [4.78, 5) is 6.93. The number of aromatic nitrogens is 2. The molecule has 28 heavy (non-hydrogen) atoms. The SMILES string of the molecule is CN=C(NCc1c(C)nn(C)c1C)NCC(c1cccc(Cl)c1)N1CCCC1. The Kier molecular flexibility index (Phi) is 6.97. The van der Waals surface area contributed by atoms with Gasteiger partial charge in [0.05, 0.1) is 11.7 Å². The van der Waals surface area contributed by atoms with Crippen LogP contribution in [-0.2, 0) is 13.6 Å². The van der Waals surface area contributed by atoms with Crippen molar-refractivity contribution in [2.75, 3.05) is 26.7 Å². The summed E-state index contributed by atoms with van der Waals surface area (Å²) in [5.41, 5.74) is 4.69. The molecule has 0 saturated carbocycles. The third-order valence-corrected chi connectivity index (χ3v) is 5.83. The lowest BCUT2D eigenvalue weighted by Gasteiger charge is -2.29. The fourth-order valence-corrected chi connectivity index (χ4v) is 4.08. The lowest BCUT2D eigenvalue weighted by atomic mass is 10.1. The van der Waals surface area contributed by atoms with Gasteiger partial charge in [0.25, 0.3) is 0 Å². The van der Waals surface area contributed by atoms with E-state index in [2.05, 4.69) is 44.7 Å². The van der Waals surface area contributed by atoms with Gasteiger partial charge in [0.15, 0.2) is 5.96 Å². The van der Waals surface area contributed by atoms with Crippen molar-refractivity contribution in [3.8, 4) is 0 Å². The Balaban J connectivity index is 1.65. The molecule has 2 N–H and O–H groups in total. The number of aryl methyl sites for hydroxylation is 2. The highest BCUT2D eigenvalue weighted by Gasteiger charge is 2.24. The van der Waals surface area contributed by atoms with Crippen LogP contribution in [0.25, 0.3) is 0 Å². The van der Waals surface area contributed by atoms with E-state index in [1.165, 1.54) is 29.7 Å². The minimum Gasteiger partial charge on any atom is -0.354 e. The fraction of sp³-hybridized carbons (Fsp3) is 0.524. The van der Waals surface area contributed by atoms with Gasteiger partial charge in [-0.25, -0.2) is 0 Å². The van der Waals surface area contributed by atoms with E-state index in [0.717, 1.165) is 36.3 Å². The van der Waals surface area contributed by atoms with Crippen molar-refractivity contribution >= 4 is 17.6 Å². The number of hydrogen-bond donors (Lipinski definition) is 2. The monoisotopic (exact) mass is 402 g/mol. The Bertz CT molecular complexity index is 822. The number of aliphatic imine (C=N–C) groups is 1. The van der Waals surface area contributed by atoms with Crippen LogP contribution in [0.15, 0.2) is 29.3 Å². The van der Waals surface area contributed by atoms with Gasteiger partial charge in [0, 0.05) is 43.5 Å². The lowest BCUT2D eigenvalue weighted by Crippen LogP contribution is -2.42. The number of nitrogens with zero attached hydrogens (tertiary/aromatic N) is 4. The first-order chi connectivity index (χ1) is 13.5. The second kappa shape index (κ2) is 9.43. The van der Waals surface area contributed by atoms with E-state index in [0.29, 0.717) is 6.54 Å². The summed E-state index contributed by atoms with van der Waals surface area (Å²) in [5.74, 6) is 0.800. The predicted molar refractivity (Wildman–Crippen MR) is 116 cm³/mol. The molecule has 0 spiro atoms. The summed E-state index contributed by atoms with van der Waals surface area (Å²) in [6, 6.07) is 8.47. The van der Waals surface area contributed by atoms with Crippen LogP contribution in [-0.4, -0.2) is 47.3 Å². The van der Waals surface area contributed by atoms with Crippen LogP contribution < -0.4 is 10.6 Å². The minimum absolute atomic E-state index is 0.279. The maximum absolute atomic E-state index is 6.25. The van der Waals surface area contributed by atoms with E-state index >= 15 is 0 Å². The van der Waals surface area contributed by atoms with E-state index in [4.69, 9.17) is 11.6 Å². The Morgan fingerprint density at radius 3 is 2.61 bits per heavy atom. The number of nitrogens with one attached hydrogen (secondary N) is 2. The molecule has 0 radical (unpaired) electrons. The van der Waals surface area contributed by atoms with Crippen molar-refractivity contribution in [1.82, 2.24) is 25.3 Å². The summed E-state index contributed by atoms with van der Waals surface area (Å²) in [7, 11) is 3.78. The Labute approximate surface area is 173 Å². The molecule has 2 heterocycles. The van der Waals surface area contributed by atoms with Gasteiger partial charge in [-0.05, 0) is 57.5 Å². The summed E-state index contributed by atoms with van der Waals surface area (Å²) in [6.45, 7) is 7.87. The molecule has 1 fully saturated rings. The zero-order valence-electron chi connectivity index (χ0n) is 17.3. The van der Waals surface area contributed by atoms with Crippen LogP contribution in [0.2, 0.25) is 5.02 Å². The smallest absolute Gasteiger partial charge is 0.191 e. The molecule has 0 amide bonds. The van der Waals surface area contributed by atoms with Crippen molar-refractivity contribution < 1.29 is 0 Å². The zero-order chi connectivity index (χ0) is 20.1. The first-order valence-corrected chi connectivity index (χ1v) is 10.3. The molecule has 1 aromatic carbocycles. The first kappa shape index (κ1) is 20.7. The number of rotatable bonds is 6. The molecule has 1 aliphatic rings.